The first-order valence-corrected chi connectivity index (χ1v) is 3.13. The van der Waals surface area contributed by atoms with Gasteiger partial charge in [-0.2, -0.15) is 0 Å². The molecule has 0 aliphatic rings. The molecule has 5 heteroatoms. The second-order valence-corrected chi connectivity index (χ2v) is 1.98. The number of hydrogen-bond acceptors (Lipinski definition) is 3. The molecule has 0 aromatic carbocycles. The van der Waals surface area contributed by atoms with Gasteiger partial charge >= 0.3 is 11.8 Å². The molecule has 0 spiro atoms. The number of nitrogens with zero attached hydrogens (tertiary/aromatic N) is 3. The van der Waals surface area contributed by atoms with Crippen LogP contribution in [0.25, 0.3) is 4.85 Å². The molecule has 0 bridgehead atoms. The number of nitrogen functional groups attached to an aromatic ring is 1. The lowest BCUT2D eigenvalue weighted by Gasteiger charge is -1.97. The molecular formula is C6H8N4O. The minimum atomic E-state index is -0.198. The van der Waals surface area contributed by atoms with Gasteiger partial charge in [0, 0.05) is 6.54 Å². The molecule has 0 atom stereocenters. The van der Waals surface area contributed by atoms with E-state index in [4.69, 9.17) is 17.4 Å². The summed E-state index contributed by atoms with van der Waals surface area (Å²) >= 11 is 0. The van der Waals surface area contributed by atoms with E-state index in [1.54, 1.807) is 0 Å². The summed E-state index contributed by atoms with van der Waals surface area (Å²) in [4.78, 5) is 6.57. The van der Waals surface area contributed by atoms with Gasteiger partial charge in [0.2, 0.25) is 0 Å². The molecule has 5 nitrogen and oxygen atoms in total. The lowest BCUT2D eigenvalue weighted by atomic mass is 10.6. The Morgan fingerprint density at radius 3 is 2.73 bits per heavy atom. The van der Waals surface area contributed by atoms with Gasteiger partial charge in [-0.15, -0.1) is 0 Å². The fourth-order valence-electron chi connectivity index (χ4n) is 0.835. The van der Waals surface area contributed by atoms with Crippen LogP contribution in [0.4, 0.5) is 11.6 Å². The Balaban J connectivity index is 3.28. The molecule has 0 fully saturated rings. The predicted molar refractivity (Wildman–Crippen MR) is 40.2 cm³/mol. The molecule has 0 saturated carbocycles. The number of anilines is 1. The second-order valence-electron chi connectivity index (χ2n) is 1.98. The Labute approximate surface area is 63.9 Å². The summed E-state index contributed by atoms with van der Waals surface area (Å²) in [7, 11) is 0. The lowest BCUT2D eigenvalue weighted by molar-refractivity contribution is 0.404. The lowest BCUT2D eigenvalue weighted by Crippen LogP contribution is -1.98. The molecule has 1 rings (SSSR count). The molecule has 3 N–H and O–H groups in total. The van der Waals surface area contributed by atoms with Gasteiger partial charge in [0.25, 0.3) is 0 Å². The first-order valence-electron chi connectivity index (χ1n) is 3.13. The van der Waals surface area contributed by atoms with Crippen molar-refractivity contribution in [1.29, 1.82) is 0 Å². The summed E-state index contributed by atoms with van der Waals surface area (Å²) in [6.07, 6.45) is 0. The highest BCUT2D eigenvalue weighted by atomic mass is 16.3. The zero-order chi connectivity index (χ0) is 8.43. The van der Waals surface area contributed by atoms with Crippen LogP contribution in [0, 0.1) is 6.57 Å². The Hall–Kier alpha value is -1.70. The zero-order valence-corrected chi connectivity index (χ0v) is 6.07. The van der Waals surface area contributed by atoms with Crippen molar-refractivity contribution in [1.82, 2.24) is 9.55 Å². The number of nitrogens with two attached hydrogens (primary N) is 1. The third kappa shape index (κ3) is 0.984. The SMILES string of the molecule is [C-]#[N+]c1nc(O)n(CC)c1N. The van der Waals surface area contributed by atoms with E-state index in [2.05, 4.69) is 9.83 Å². The van der Waals surface area contributed by atoms with Crippen LogP contribution in [-0.4, -0.2) is 14.7 Å². The van der Waals surface area contributed by atoms with Crippen LogP contribution in [0.1, 0.15) is 6.92 Å². The standard InChI is InChI=1S/C6H8N4O/c1-3-10-4(7)5(8-2)9-6(10)11/h3,7H2,1H3,(H,9,11). The molecule has 0 aliphatic heterocycles. The molecule has 58 valence electrons. The molecule has 0 amide bonds. The zero-order valence-electron chi connectivity index (χ0n) is 6.07. The fraction of sp³-hybridized carbons (Fsp3) is 0.333. The number of imidazole rings is 1. The Morgan fingerprint density at radius 1 is 1.82 bits per heavy atom. The van der Waals surface area contributed by atoms with E-state index in [0.717, 1.165) is 0 Å². The second kappa shape index (κ2) is 2.50. The van der Waals surface area contributed by atoms with Crippen molar-refractivity contribution >= 4 is 11.6 Å². The molecule has 1 heterocycles. The van der Waals surface area contributed by atoms with Gasteiger partial charge in [-0.3, -0.25) is 4.57 Å². The first-order chi connectivity index (χ1) is 5.20. The summed E-state index contributed by atoms with van der Waals surface area (Å²) in [5.74, 6) is 0.282. The maximum atomic E-state index is 9.07. The van der Waals surface area contributed by atoms with E-state index in [1.165, 1.54) is 4.57 Å². The van der Waals surface area contributed by atoms with Crippen LogP contribution < -0.4 is 5.73 Å². The summed E-state index contributed by atoms with van der Waals surface area (Å²) in [6, 6.07) is -0.198. The predicted octanol–water partition coefficient (Wildman–Crippen LogP) is 0.742. The van der Waals surface area contributed by atoms with Gasteiger partial charge < -0.3 is 15.7 Å². The van der Waals surface area contributed by atoms with Crippen LogP contribution in [0.2, 0.25) is 0 Å². The average molecular weight is 152 g/mol. The number of aromatic nitrogens is 2. The van der Waals surface area contributed by atoms with Gasteiger partial charge in [-0.1, -0.05) is 11.6 Å². The van der Waals surface area contributed by atoms with Gasteiger partial charge in [-0.25, -0.2) is 0 Å². The number of rotatable bonds is 1. The summed E-state index contributed by atoms with van der Waals surface area (Å²) in [6.45, 7) is 8.95. The quantitative estimate of drug-likeness (QED) is 0.583. The number of aromatic hydroxyl groups is 1. The minimum absolute atomic E-state index is 0.0596. The van der Waals surface area contributed by atoms with Crippen LogP contribution in [0.3, 0.4) is 0 Å². The van der Waals surface area contributed by atoms with Crippen molar-refractivity contribution in [2.45, 2.75) is 13.5 Å². The van der Waals surface area contributed by atoms with Crippen molar-refractivity contribution in [2.75, 3.05) is 5.73 Å². The Kier molecular flexibility index (Phi) is 1.68. The molecule has 1 aromatic heterocycles. The molecule has 0 unspecified atom stereocenters. The van der Waals surface area contributed by atoms with Crippen LogP contribution >= 0.6 is 0 Å². The first kappa shape index (κ1) is 7.41. The van der Waals surface area contributed by atoms with Crippen molar-refractivity contribution in [3.05, 3.63) is 11.4 Å². The maximum Gasteiger partial charge on any atom is 0.393 e. The van der Waals surface area contributed by atoms with Crippen LogP contribution in [0.5, 0.6) is 6.01 Å². The average Bonchev–Trinajstić information content (AvgIpc) is 2.26. The van der Waals surface area contributed by atoms with Gasteiger partial charge in [0.15, 0.2) is 0 Å². The van der Waals surface area contributed by atoms with E-state index in [1.807, 2.05) is 6.92 Å². The Morgan fingerprint density at radius 2 is 2.45 bits per heavy atom. The van der Waals surface area contributed by atoms with Gasteiger partial charge in [-0.05, 0) is 6.92 Å². The van der Waals surface area contributed by atoms with Gasteiger partial charge in [0.1, 0.15) is 5.82 Å². The van der Waals surface area contributed by atoms with E-state index >= 15 is 0 Å². The van der Waals surface area contributed by atoms with Crippen molar-refractivity contribution in [2.24, 2.45) is 0 Å². The highest BCUT2D eigenvalue weighted by molar-refractivity contribution is 5.59. The molecule has 0 radical (unpaired) electrons. The van der Waals surface area contributed by atoms with E-state index in [-0.39, 0.29) is 17.6 Å². The maximum absolute atomic E-state index is 9.07. The largest absolute Gasteiger partial charge is 0.462 e. The van der Waals surface area contributed by atoms with Gasteiger partial charge in [0.05, 0.1) is 0 Å². The Bertz CT molecular complexity index is 309. The van der Waals surface area contributed by atoms with E-state index in [9.17, 15) is 0 Å². The number of hydrogen-bond donors (Lipinski definition) is 2. The summed E-state index contributed by atoms with van der Waals surface area (Å²) < 4.78 is 1.37. The van der Waals surface area contributed by atoms with E-state index < -0.39 is 0 Å². The fourth-order valence-corrected chi connectivity index (χ4v) is 0.835. The van der Waals surface area contributed by atoms with Crippen LogP contribution in [-0.2, 0) is 6.54 Å². The van der Waals surface area contributed by atoms with E-state index in [0.29, 0.717) is 6.54 Å². The molecule has 1 aromatic rings. The van der Waals surface area contributed by atoms with Crippen LogP contribution in [0.15, 0.2) is 0 Å². The highest BCUT2D eigenvalue weighted by Gasteiger charge is 2.14. The van der Waals surface area contributed by atoms with Crippen molar-refractivity contribution in [3.8, 4) is 6.01 Å². The molecule has 0 aliphatic carbocycles. The van der Waals surface area contributed by atoms with Crippen molar-refractivity contribution in [3.63, 3.8) is 0 Å². The normalized spacial score (nSPS) is 9.45. The monoisotopic (exact) mass is 152 g/mol. The van der Waals surface area contributed by atoms with Crippen molar-refractivity contribution < 1.29 is 5.11 Å². The highest BCUT2D eigenvalue weighted by Crippen LogP contribution is 2.25. The molecule has 0 saturated heterocycles. The third-order valence-electron chi connectivity index (χ3n) is 1.39. The smallest absolute Gasteiger partial charge is 0.393 e. The summed E-state index contributed by atoms with van der Waals surface area (Å²) in [5.41, 5.74) is 5.45. The minimum Gasteiger partial charge on any atom is -0.462 e. The topological polar surface area (TPSA) is 68.4 Å². The third-order valence-corrected chi connectivity index (χ3v) is 1.39. The molecule has 11 heavy (non-hydrogen) atoms. The molecular weight excluding hydrogens is 144 g/mol. The summed E-state index contributed by atoms with van der Waals surface area (Å²) in [5, 5.41) is 9.07.